The van der Waals surface area contributed by atoms with Gasteiger partial charge in [-0.2, -0.15) is 5.10 Å². The number of fused-ring (bicyclic) bond motifs is 1. The average Bonchev–Trinajstić information content (AvgIpc) is 3.35. The molecule has 0 radical (unpaired) electrons. The van der Waals surface area contributed by atoms with Crippen LogP contribution < -0.4 is 19.7 Å². The third kappa shape index (κ3) is 3.61. The normalized spacial score (nSPS) is 16.3. The van der Waals surface area contributed by atoms with Crippen LogP contribution in [0.4, 0.5) is 5.82 Å². The molecule has 8 nitrogen and oxygen atoms in total. The van der Waals surface area contributed by atoms with Gasteiger partial charge in [0, 0.05) is 24.9 Å². The molecule has 2 amide bonds. The number of carbonyl (C=O) groups excluding carboxylic acids is 2. The number of hydrogen-bond acceptors (Lipinski definition) is 5. The number of carbonyl (C=O) groups is 2. The highest BCUT2D eigenvalue weighted by molar-refractivity contribution is 6.05. The molecule has 0 unspecified atom stereocenters. The van der Waals surface area contributed by atoms with Crippen molar-refractivity contribution in [2.75, 3.05) is 25.7 Å². The van der Waals surface area contributed by atoms with Crippen LogP contribution in [0.2, 0.25) is 0 Å². The molecule has 2 N–H and O–H groups in total. The maximum Gasteiger partial charge on any atom is 0.229 e. The number of anilines is 1. The van der Waals surface area contributed by atoms with Gasteiger partial charge in [-0.3, -0.25) is 19.6 Å². The first-order chi connectivity index (χ1) is 14.1. The van der Waals surface area contributed by atoms with Gasteiger partial charge in [0.1, 0.15) is 0 Å². The van der Waals surface area contributed by atoms with E-state index in [0.717, 1.165) is 16.5 Å². The van der Waals surface area contributed by atoms with E-state index in [0.29, 0.717) is 30.4 Å². The number of hydrogen-bond donors (Lipinski definition) is 2. The fourth-order valence-corrected chi connectivity index (χ4v) is 3.57. The molecule has 0 spiro atoms. The summed E-state index contributed by atoms with van der Waals surface area (Å²) in [6.07, 6.45) is 0.166. The highest BCUT2D eigenvalue weighted by Crippen LogP contribution is 2.30. The first-order valence-electron chi connectivity index (χ1n) is 9.32. The summed E-state index contributed by atoms with van der Waals surface area (Å²) in [7, 11) is 3.14. The molecular weight excluding hydrogens is 372 g/mol. The molecule has 1 atom stereocenters. The third-order valence-electron chi connectivity index (χ3n) is 5.12. The second-order valence-electron chi connectivity index (χ2n) is 6.91. The van der Waals surface area contributed by atoms with Crippen molar-refractivity contribution in [3.8, 4) is 11.5 Å². The first-order valence-corrected chi connectivity index (χ1v) is 9.32. The van der Waals surface area contributed by atoms with Crippen LogP contribution in [0.3, 0.4) is 0 Å². The molecule has 2 aromatic carbocycles. The van der Waals surface area contributed by atoms with Gasteiger partial charge in [-0.1, -0.05) is 18.2 Å². The maximum absolute atomic E-state index is 12.6. The number of methoxy groups -OCH3 is 2. The fourth-order valence-electron chi connectivity index (χ4n) is 3.57. The molecule has 1 aromatic heterocycles. The topological polar surface area (TPSA) is 96.5 Å². The maximum atomic E-state index is 12.6. The summed E-state index contributed by atoms with van der Waals surface area (Å²) in [5.41, 5.74) is 1.74. The van der Waals surface area contributed by atoms with Crippen molar-refractivity contribution in [2.45, 2.75) is 13.0 Å². The van der Waals surface area contributed by atoms with Gasteiger partial charge >= 0.3 is 0 Å². The first kappa shape index (κ1) is 18.8. The van der Waals surface area contributed by atoms with Crippen molar-refractivity contribution in [3.63, 3.8) is 0 Å². The molecule has 1 saturated heterocycles. The molecule has 8 heteroatoms. The molecule has 4 rings (SSSR count). The molecule has 150 valence electrons. The summed E-state index contributed by atoms with van der Waals surface area (Å²) in [4.78, 5) is 26.8. The summed E-state index contributed by atoms with van der Waals surface area (Å²) >= 11 is 0. The zero-order valence-electron chi connectivity index (χ0n) is 16.3. The van der Waals surface area contributed by atoms with Crippen LogP contribution in [-0.2, 0) is 16.1 Å². The van der Waals surface area contributed by atoms with Crippen LogP contribution >= 0.6 is 0 Å². The number of nitrogens with zero attached hydrogens (tertiary/aromatic N) is 2. The number of benzene rings is 2. The van der Waals surface area contributed by atoms with Crippen molar-refractivity contribution in [2.24, 2.45) is 5.92 Å². The molecule has 29 heavy (non-hydrogen) atoms. The quantitative estimate of drug-likeness (QED) is 0.668. The van der Waals surface area contributed by atoms with E-state index < -0.39 is 5.92 Å². The summed E-state index contributed by atoms with van der Waals surface area (Å²) < 4.78 is 10.5. The Morgan fingerprint density at radius 2 is 2.00 bits per heavy atom. The second kappa shape index (κ2) is 7.83. The molecule has 1 aliphatic heterocycles. The number of nitrogens with one attached hydrogen (secondary N) is 2. The fraction of sp³-hybridized carbons (Fsp3) is 0.286. The molecule has 1 fully saturated rings. The standard InChI is InChI=1S/C21H22N4O4/c1-28-17-8-7-13(9-18(17)29-2)11-22-21(27)14-10-19(26)25(12-14)20-15-5-3-4-6-16(15)23-24-20/h3-9,14H,10-12H2,1-2H3,(H,22,27)(H,23,24)/t14-/m1/s1. The second-order valence-corrected chi connectivity index (χ2v) is 6.91. The lowest BCUT2D eigenvalue weighted by Gasteiger charge is -2.15. The Bertz CT molecular complexity index is 1060. The minimum atomic E-state index is -0.418. The zero-order valence-corrected chi connectivity index (χ0v) is 16.3. The smallest absolute Gasteiger partial charge is 0.229 e. The molecular formula is C21H22N4O4. The van der Waals surface area contributed by atoms with E-state index in [2.05, 4.69) is 15.5 Å². The summed E-state index contributed by atoms with van der Waals surface area (Å²) in [6, 6.07) is 13.1. The monoisotopic (exact) mass is 394 g/mol. The van der Waals surface area contributed by atoms with Crippen LogP contribution in [0.15, 0.2) is 42.5 Å². The SMILES string of the molecule is COc1ccc(CNC(=O)[C@@H]2CC(=O)N(c3n[nH]c4ccccc34)C2)cc1OC. The van der Waals surface area contributed by atoms with E-state index in [1.165, 1.54) is 0 Å². The van der Waals surface area contributed by atoms with Crippen LogP contribution in [0.25, 0.3) is 10.9 Å². The molecule has 3 aromatic rings. The van der Waals surface area contributed by atoms with E-state index in [-0.39, 0.29) is 18.2 Å². The Kier molecular flexibility index (Phi) is 5.07. The summed E-state index contributed by atoms with van der Waals surface area (Å²) in [5, 5.41) is 11.0. The summed E-state index contributed by atoms with van der Waals surface area (Å²) in [5.74, 6) is 1.13. The van der Waals surface area contributed by atoms with E-state index in [1.807, 2.05) is 36.4 Å². The third-order valence-corrected chi connectivity index (χ3v) is 5.12. The Balaban J connectivity index is 1.42. The predicted molar refractivity (Wildman–Crippen MR) is 108 cm³/mol. The molecule has 0 saturated carbocycles. The number of ether oxygens (including phenoxy) is 2. The van der Waals surface area contributed by atoms with Gasteiger partial charge < -0.3 is 14.8 Å². The van der Waals surface area contributed by atoms with Crippen molar-refractivity contribution in [1.82, 2.24) is 15.5 Å². The van der Waals surface area contributed by atoms with Gasteiger partial charge in [0.05, 0.1) is 25.7 Å². The van der Waals surface area contributed by atoms with E-state index in [4.69, 9.17) is 9.47 Å². The zero-order chi connectivity index (χ0) is 20.4. The summed E-state index contributed by atoms with van der Waals surface area (Å²) in [6.45, 7) is 0.653. The van der Waals surface area contributed by atoms with Gasteiger partial charge in [-0.25, -0.2) is 0 Å². The Labute approximate surface area is 167 Å². The van der Waals surface area contributed by atoms with Crippen LogP contribution in [0.1, 0.15) is 12.0 Å². The highest BCUT2D eigenvalue weighted by atomic mass is 16.5. The van der Waals surface area contributed by atoms with Crippen LogP contribution in [0.5, 0.6) is 11.5 Å². The van der Waals surface area contributed by atoms with E-state index in [1.54, 1.807) is 25.2 Å². The van der Waals surface area contributed by atoms with Crippen LogP contribution in [-0.4, -0.2) is 42.8 Å². The van der Waals surface area contributed by atoms with Gasteiger partial charge in [0.25, 0.3) is 0 Å². The number of para-hydroxylation sites is 1. The minimum absolute atomic E-state index is 0.103. The van der Waals surface area contributed by atoms with Crippen LogP contribution in [0, 0.1) is 5.92 Å². The minimum Gasteiger partial charge on any atom is -0.493 e. The lowest BCUT2D eigenvalue weighted by Crippen LogP contribution is -2.32. The largest absolute Gasteiger partial charge is 0.493 e. The molecule has 0 aliphatic carbocycles. The number of aromatic nitrogens is 2. The number of H-pyrrole nitrogens is 1. The number of amides is 2. The number of rotatable bonds is 6. The molecule has 1 aliphatic rings. The average molecular weight is 394 g/mol. The van der Waals surface area contributed by atoms with E-state index in [9.17, 15) is 9.59 Å². The van der Waals surface area contributed by atoms with Gasteiger partial charge in [0.2, 0.25) is 11.8 Å². The van der Waals surface area contributed by atoms with Gasteiger partial charge in [0.15, 0.2) is 17.3 Å². The molecule has 0 bridgehead atoms. The predicted octanol–water partition coefficient (Wildman–Crippen LogP) is 2.25. The van der Waals surface area contributed by atoms with Crippen molar-refractivity contribution in [3.05, 3.63) is 48.0 Å². The Morgan fingerprint density at radius 1 is 1.21 bits per heavy atom. The van der Waals surface area contributed by atoms with Gasteiger partial charge in [-0.15, -0.1) is 0 Å². The lowest BCUT2D eigenvalue weighted by atomic mass is 10.1. The highest BCUT2D eigenvalue weighted by Gasteiger charge is 2.36. The Morgan fingerprint density at radius 3 is 2.79 bits per heavy atom. The van der Waals surface area contributed by atoms with Crippen molar-refractivity contribution < 1.29 is 19.1 Å². The van der Waals surface area contributed by atoms with Crippen molar-refractivity contribution in [1.29, 1.82) is 0 Å². The lowest BCUT2D eigenvalue weighted by molar-refractivity contribution is -0.126. The number of aromatic amines is 1. The van der Waals surface area contributed by atoms with Gasteiger partial charge in [-0.05, 0) is 29.8 Å². The molecule has 2 heterocycles. The van der Waals surface area contributed by atoms with E-state index >= 15 is 0 Å². The van der Waals surface area contributed by atoms with Crippen molar-refractivity contribution >= 4 is 28.5 Å². The Hall–Kier alpha value is -3.55.